The van der Waals surface area contributed by atoms with Crippen molar-refractivity contribution in [3.63, 3.8) is 0 Å². The second-order valence-electron chi connectivity index (χ2n) is 5.51. The fourth-order valence-electron chi connectivity index (χ4n) is 2.46. The Hall–Kier alpha value is -2.06. The first-order valence-electron chi connectivity index (χ1n) is 7.96. The number of ether oxygens (including phenoxy) is 1. The van der Waals surface area contributed by atoms with Crippen LogP contribution >= 0.6 is 11.8 Å². The van der Waals surface area contributed by atoms with Crippen LogP contribution in [0.4, 0.5) is 5.69 Å². The molecule has 1 aliphatic heterocycles. The quantitative estimate of drug-likeness (QED) is 0.788. The van der Waals surface area contributed by atoms with Crippen LogP contribution in [-0.2, 0) is 11.3 Å². The van der Waals surface area contributed by atoms with Crippen LogP contribution in [0.1, 0.15) is 6.42 Å². The van der Waals surface area contributed by atoms with Crippen LogP contribution in [0.3, 0.4) is 0 Å². The number of aromatic nitrogens is 3. The van der Waals surface area contributed by atoms with E-state index in [1.807, 2.05) is 36.0 Å². The molecule has 2 heterocycles. The van der Waals surface area contributed by atoms with E-state index in [1.54, 1.807) is 11.0 Å². The van der Waals surface area contributed by atoms with E-state index < -0.39 is 0 Å². The molecule has 1 amide bonds. The lowest BCUT2D eigenvalue weighted by molar-refractivity contribution is -0.116. The van der Waals surface area contributed by atoms with Crippen LogP contribution < -0.4 is 15.4 Å². The monoisotopic (exact) mass is 347 g/mol. The van der Waals surface area contributed by atoms with Crippen LogP contribution in [0, 0.1) is 0 Å². The Bertz CT molecular complexity index is 644. The van der Waals surface area contributed by atoms with E-state index in [2.05, 4.69) is 20.7 Å². The number of nitrogens with one attached hydrogen (secondary N) is 2. The molecule has 1 fully saturated rings. The van der Waals surface area contributed by atoms with Gasteiger partial charge in [0.1, 0.15) is 25.0 Å². The van der Waals surface area contributed by atoms with Crippen LogP contribution in [-0.4, -0.2) is 51.4 Å². The second kappa shape index (κ2) is 8.70. The number of carbonyl (C=O) groups is 1. The highest BCUT2D eigenvalue weighted by atomic mass is 32.2. The number of thioether (sulfide) groups is 1. The molecule has 1 aromatic heterocycles. The minimum Gasteiger partial charge on any atom is -0.492 e. The summed E-state index contributed by atoms with van der Waals surface area (Å²) in [6, 6.07) is 7.70. The van der Waals surface area contributed by atoms with Gasteiger partial charge in [0.05, 0.1) is 6.54 Å². The fraction of sp³-hybridized carbons (Fsp3) is 0.438. The summed E-state index contributed by atoms with van der Waals surface area (Å²) in [6.07, 6.45) is 3.64. The molecular formula is C16H21N5O2S. The van der Waals surface area contributed by atoms with Crippen molar-refractivity contribution < 1.29 is 9.53 Å². The molecule has 7 nitrogen and oxygen atoms in total. The largest absolute Gasteiger partial charge is 0.492 e. The summed E-state index contributed by atoms with van der Waals surface area (Å²) in [7, 11) is 0. The third kappa shape index (κ3) is 5.24. The topological polar surface area (TPSA) is 81.1 Å². The number of rotatable bonds is 7. The van der Waals surface area contributed by atoms with Crippen molar-refractivity contribution in [3.8, 4) is 5.75 Å². The van der Waals surface area contributed by atoms with Gasteiger partial charge in [-0.05, 0) is 12.1 Å². The number of anilines is 1. The number of amides is 1. The maximum absolute atomic E-state index is 12.1. The molecule has 128 valence electrons. The summed E-state index contributed by atoms with van der Waals surface area (Å²) in [5.41, 5.74) is 0.752. The average molecular weight is 347 g/mol. The molecular weight excluding hydrogens is 326 g/mol. The summed E-state index contributed by atoms with van der Waals surface area (Å²) in [5, 5.41) is 10.3. The van der Waals surface area contributed by atoms with Crippen molar-refractivity contribution >= 4 is 23.4 Å². The zero-order valence-corrected chi connectivity index (χ0v) is 14.2. The van der Waals surface area contributed by atoms with Gasteiger partial charge in [0, 0.05) is 42.3 Å². The van der Waals surface area contributed by atoms with Gasteiger partial charge in [-0.15, -0.1) is 0 Å². The summed E-state index contributed by atoms with van der Waals surface area (Å²) in [5.74, 6) is 2.85. The fourth-order valence-corrected chi connectivity index (χ4v) is 3.40. The Morgan fingerprint density at radius 1 is 1.50 bits per heavy atom. The lowest BCUT2D eigenvalue weighted by Gasteiger charge is -2.22. The van der Waals surface area contributed by atoms with Gasteiger partial charge in [-0.1, -0.05) is 6.07 Å². The summed E-state index contributed by atoms with van der Waals surface area (Å²) in [4.78, 5) is 16.0. The predicted molar refractivity (Wildman–Crippen MR) is 94.3 cm³/mol. The first-order valence-corrected chi connectivity index (χ1v) is 9.11. The number of carbonyl (C=O) groups excluding carboxylic acids is 1. The second-order valence-corrected chi connectivity index (χ2v) is 6.66. The van der Waals surface area contributed by atoms with Gasteiger partial charge in [-0.2, -0.15) is 16.9 Å². The van der Waals surface area contributed by atoms with Crippen molar-refractivity contribution in [3.05, 3.63) is 36.9 Å². The van der Waals surface area contributed by atoms with Gasteiger partial charge in [-0.25, -0.2) is 9.67 Å². The van der Waals surface area contributed by atoms with Crippen molar-refractivity contribution in [1.29, 1.82) is 0 Å². The van der Waals surface area contributed by atoms with Gasteiger partial charge < -0.3 is 15.4 Å². The van der Waals surface area contributed by atoms with Crippen LogP contribution in [0.15, 0.2) is 36.9 Å². The molecule has 1 atom stereocenters. The van der Waals surface area contributed by atoms with Crippen LogP contribution in [0.25, 0.3) is 0 Å². The van der Waals surface area contributed by atoms with E-state index in [4.69, 9.17) is 4.74 Å². The van der Waals surface area contributed by atoms with Gasteiger partial charge in [0.2, 0.25) is 5.91 Å². The Morgan fingerprint density at radius 2 is 2.46 bits per heavy atom. The van der Waals surface area contributed by atoms with E-state index in [0.717, 1.165) is 29.5 Å². The minimum absolute atomic E-state index is 0.0229. The van der Waals surface area contributed by atoms with Gasteiger partial charge >= 0.3 is 0 Å². The first-order chi connectivity index (χ1) is 11.8. The molecule has 0 spiro atoms. The highest BCUT2D eigenvalue weighted by molar-refractivity contribution is 7.99. The Kier molecular flexibility index (Phi) is 6.08. The number of benzene rings is 1. The molecule has 0 saturated carbocycles. The molecule has 0 radical (unpaired) electrons. The van der Waals surface area contributed by atoms with Crippen LogP contribution in [0.2, 0.25) is 0 Å². The number of hydrogen-bond acceptors (Lipinski definition) is 6. The molecule has 24 heavy (non-hydrogen) atoms. The lowest BCUT2D eigenvalue weighted by Crippen LogP contribution is -2.39. The van der Waals surface area contributed by atoms with Crippen molar-refractivity contribution in [2.75, 3.05) is 30.0 Å². The molecule has 3 rings (SSSR count). The molecule has 1 saturated heterocycles. The zero-order valence-electron chi connectivity index (χ0n) is 13.4. The van der Waals surface area contributed by atoms with Gasteiger partial charge in [0.25, 0.3) is 0 Å². The van der Waals surface area contributed by atoms with Gasteiger partial charge in [0.15, 0.2) is 0 Å². The zero-order chi connectivity index (χ0) is 16.6. The molecule has 1 unspecified atom stereocenters. The third-order valence-electron chi connectivity index (χ3n) is 3.60. The molecule has 0 bridgehead atoms. The maximum Gasteiger partial charge on any atom is 0.225 e. The molecule has 8 heteroatoms. The average Bonchev–Trinajstić information content (AvgIpc) is 3.09. The molecule has 0 aliphatic carbocycles. The van der Waals surface area contributed by atoms with E-state index in [-0.39, 0.29) is 11.9 Å². The molecule has 1 aromatic carbocycles. The highest BCUT2D eigenvalue weighted by Gasteiger charge is 2.16. The van der Waals surface area contributed by atoms with E-state index in [9.17, 15) is 4.79 Å². The Labute approximate surface area is 145 Å². The van der Waals surface area contributed by atoms with E-state index >= 15 is 0 Å². The Morgan fingerprint density at radius 3 is 3.25 bits per heavy atom. The Balaban J connectivity index is 1.46. The third-order valence-corrected chi connectivity index (χ3v) is 4.73. The number of nitrogens with zero attached hydrogens (tertiary/aromatic N) is 3. The van der Waals surface area contributed by atoms with Crippen molar-refractivity contribution in [2.24, 2.45) is 0 Å². The van der Waals surface area contributed by atoms with Crippen molar-refractivity contribution in [2.45, 2.75) is 19.0 Å². The lowest BCUT2D eigenvalue weighted by atomic mass is 10.2. The first kappa shape index (κ1) is 16.8. The van der Waals surface area contributed by atoms with E-state index in [1.165, 1.54) is 6.33 Å². The standard InChI is InChI=1S/C16H21N5O2S/c22-16(9-14-10-24-7-4-18-14)20-13-2-1-3-15(8-13)23-6-5-21-12-17-11-19-21/h1-3,8,11-12,14,18H,4-7,9-10H2,(H,20,22). The normalized spacial score (nSPS) is 17.4. The molecule has 2 N–H and O–H groups in total. The highest BCUT2D eigenvalue weighted by Crippen LogP contribution is 2.18. The maximum atomic E-state index is 12.1. The summed E-state index contributed by atoms with van der Waals surface area (Å²) < 4.78 is 7.41. The SMILES string of the molecule is O=C(CC1CSCCN1)Nc1cccc(OCCn2cncn2)c1. The van der Waals surface area contributed by atoms with Gasteiger partial charge in [-0.3, -0.25) is 4.79 Å². The smallest absolute Gasteiger partial charge is 0.225 e. The minimum atomic E-state index is 0.0229. The molecule has 1 aliphatic rings. The van der Waals surface area contributed by atoms with Crippen LogP contribution in [0.5, 0.6) is 5.75 Å². The predicted octanol–water partition coefficient (Wildman–Crippen LogP) is 1.39. The number of hydrogen-bond donors (Lipinski definition) is 2. The van der Waals surface area contributed by atoms with E-state index in [0.29, 0.717) is 19.6 Å². The molecule has 2 aromatic rings. The van der Waals surface area contributed by atoms with Crippen molar-refractivity contribution in [1.82, 2.24) is 20.1 Å². The summed E-state index contributed by atoms with van der Waals surface area (Å²) >= 11 is 1.89. The summed E-state index contributed by atoms with van der Waals surface area (Å²) in [6.45, 7) is 2.09.